The van der Waals surface area contributed by atoms with Crippen molar-refractivity contribution in [3.05, 3.63) is 0 Å². The first kappa shape index (κ1) is 22.8. The van der Waals surface area contributed by atoms with Crippen LogP contribution in [0.3, 0.4) is 0 Å². The zero-order valence-corrected chi connectivity index (χ0v) is 16.4. The third kappa shape index (κ3) is 11.0. The Hall–Kier alpha value is -0.250. The monoisotopic (exact) mass is 450 g/mol. The van der Waals surface area contributed by atoms with Crippen LogP contribution in [0.5, 0.6) is 0 Å². The molecule has 0 atom stereocenters. The fourth-order valence-electron chi connectivity index (χ4n) is 2.66. The van der Waals surface area contributed by atoms with Crippen LogP contribution in [-0.4, -0.2) is 56.3 Å². The molecule has 138 valence electrons. The molecule has 1 heterocycles. The summed E-state index contributed by atoms with van der Waals surface area (Å²) in [6.45, 7) is 6.04. The second-order valence-electron chi connectivity index (χ2n) is 5.83. The molecule has 1 fully saturated rings. The summed E-state index contributed by atoms with van der Waals surface area (Å²) in [5, 5.41) is 6.46. The number of aliphatic imine (C=N–C) groups is 1. The van der Waals surface area contributed by atoms with Gasteiger partial charge in [0.1, 0.15) is 0 Å². The van der Waals surface area contributed by atoms with Gasteiger partial charge in [-0.3, -0.25) is 4.99 Å². The molecule has 23 heavy (non-hydrogen) atoms. The first-order chi connectivity index (χ1) is 10.4. The topological polar surface area (TPSA) is 39.7 Å². The fraction of sp³-hybridized carbons (Fsp3) is 0.933. The number of piperidine rings is 1. The molecule has 8 heteroatoms. The van der Waals surface area contributed by atoms with Crippen molar-refractivity contribution in [2.24, 2.45) is 4.99 Å². The number of unbranched alkanes of at least 4 members (excludes halogenated alkanes) is 1. The van der Waals surface area contributed by atoms with E-state index in [0.29, 0.717) is 25.0 Å². The molecule has 1 rings (SSSR count). The van der Waals surface area contributed by atoms with Gasteiger partial charge in [-0.2, -0.15) is 13.2 Å². The Kier molecular flexibility index (Phi) is 12.0. The van der Waals surface area contributed by atoms with Crippen LogP contribution in [0.15, 0.2) is 4.99 Å². The van der Waals surface area contributed by atoms with Gasteiger partial charge in [0.2, 0.25) is 0 Å². The summed E-state index contributed by atoms with van der Waals surface area (Å²) in [4.78, 5) is 6.61. The average molecular weight is 450 g/mol. The molecule has 0 aliphatic carbocycles. The Balaban J connectivity index is 0.00000484. The lowest BCUT2D eigenvalue weighted by atomic mass is 10.1. The van der Waals surface area contributed by atoms with Gasteiger partial charge in [0.25, 0.3) is 0 Å². The number of nitrogens with zero attached hydrogens (tertiary/aromatic N) is 2. The first-order valence-electron chi connectivity index (χ1n) is 8.21. The van der Waals surface area contributed by atoms with Crippen molar-refractivity contribution in [2.45, 2.75) is 57.7 Å². The Labute approximate surface area is 154 Å². The predicted molar refractivity (Wildman–Crippen MR) is 99.6 cm³/mol. The molecule has 4 nitrogen and oxygen atoms in total. The number of nitrogens with one attached hydrogen (secondary N) is 2. The minimum atomic E-state index is -4.05. The summed E-state index contributed by atoms with van der Waals surface area (Å²) in [7, 11) is 1.69. The Bertz CT molecular complexity index is 329. The summed E-state index contributed by atoms with van der Waals surface area (Å²) >= 11 is 0. The van der Waals surface area contributed by atoms with Crippen LogP contribution in [-0.2, 0) is 0 Å². The third-order valence-electron chi connectivity index (χ3n) is 3.87. The van der Waals surface area contributed by atoms with Crippen molar-refractivity contribution >= 4 is 29.9 Å². The van der Waals surface area contributed by atoms with Crippen molar-refractivity contribution in [1.82, 2.24) is 15.5 Å². The van der Waals surface area contributed by atoms with E-state index in [1.165, 1.54) is 6.42 Å². The van der Waals surface area contributed by atoms with Crippen molar-refractivity contribution < 1.29 is 13.2 Å². The van der Waals surface area contributed by atoms with E-state index in [4.69, 9.17) is 0 Å². The number of halogens is 4. The molecule has 0 bridgehead atoms. The van der Waals surface area contributed by atoms with E-state index in [0.717, 1.165) is 32.5 Å². The smallest absolute Gasteiger partial charge is 0.356 e. The summed E-state index contributed by atoms with van der Waals surface area (Å²) < 4.78 is 36.1. The van der Waals surface area contributed by atoms with E-state index >= 15 is 0 Å². The number of guanidine groups is 1. The molecule has 0 saturated carbocycles. The van der Waals surface area contributed by atoms with Crippen molar-refractivity contribution in [3.63, 3.8) is 0 Å². The van der Waals surface area contributed by atoms with Crippen molar-refractivity contribution in [3.8, 4) is 0 Å². The predicted octanol–water partition coefficient (Wildman–Crippen LogP) is 3.38. The minimum absolute atomic E-state index is 0. The highest BCUT2D eigenvalue weighted by Gasteiger charge is 2.25. The second-order valence-corrected chi connectivity index (χ2v) is 5.83. The first-order valence-corrected chi connectivity index (χ1v) is 8.21. The normalized spacial score (nSPS) is 17.7. The van der Waals surface area contributed by atoms with Gasteiger partial charge >= 0.3 is 6.18 Å². The van der Waals surface area contributed by atoms with Crippen LogP contribution in [0.2, 0.25) is 0 Å². The minimum Gasteiger partial charge on any atom is -0.356 e. The number of alkyl halides is 3. The lowest BCUT2D eigenvalue weighted by molar-refractivity contribution is -0.135. The molecule has 1 aliphatic heterocycles. The quantitative estimate of drug-likeness (QED) is 0.271. The maximum absolute atomic E-state index is 12.0. The van der Waals surface area contributed by atoms with Crippen LogP contribution in [0, 0.1) is 0 Å². The zero-order valence-electron chi connectivity index (χ0n) is 14.1. The largest absolute Gasteiger partial charge is 0.389 e. The molecule has 0 aromatic heterocycles. The molecular formula is C15H30F3IN4. The number of rotatable bonds is 7. The highest BCUT2D eigenvalue weighted by Crippen LogP contribution is 2.21. The van der Waals surface area contributed by atoms with Crippen LogP contribution in [0.1, 0.15) is 45.4 Å². The highest BCUT2D eigenvalue weighted by molar-refractivity contribution is 14.0. The average Bonchev–Trinajstić information content (AvgIpc) is 2.46. The van der Waals surface area contributed by atoms with Crippen LogP contribution in [0.4, 0.5) is 13.2 Å². The second kappa shape index (κ2) is 12.2. The SMILES string of the molecule is CCCN1CCC(NC(=NC)NCCCCC(F)(F)F)CC1.I. The summed E-state index contributed by atoms with van der Waals surface area (Å²) in [6.07, 6.45) is -0.774. The van der Waals surface area contributed by atoms with Crippen LogP contribution in [0.25, 0.3) is 0 Å². The summed E-state index contributed by atoms with van der Waals surface area (Å²) in [5.74, 6) is 0.695. The van der Waals surface area contributed by atoms with E-state index in [9.17, 15) is 13.2 Å². The maximum atomic E-state index is 12.0. The Morgan fingerprint density at radius 2 is 1.87 bits per heavy atom. The van der Waals surface area contributed by atoms with Gasteiger partial charge in [0.15, 0.2) is 5.96 Å². The van der Waals surface area contributed by atoms with Gasteiger partial charge in [0.05, 0.1) is 0 Å². The fourth-order valence-corrected chi connectivity index (χ4v) is 2.66. The van der Waals surface area contributed by atoms with Gasteiger partial charge in [-0.15, -0.1) is 24.0 Å². The van der Waals surface area contributed by atoms with E-state index < -0.39 is 12.6 Å². The van der Waals surface area contributed by atoms with Gasteiger partial charge in [0, 0.05) is 39.1 Å². The maximum Gasteiger partial charge on any atom is 0.389 e. The Morgan fingerprint density at radius 3 is 2.39 bits per heavy atom. The van der Waals surface area contributed by atoms with E-state index in [1.54, 1.807) is 7.05 Å². The van der Waals surface area contributed by atoms with Crippen molar-refractivity contribution in [2.75, 3.05) is 33.2 Å². The van der Waals surface area contributed by atoms with E-state index in [1.807, 2.05) is 0 Å². The number of likely N-dealkylation sites (tertiary alicyclic amines) is 1. The molecule has 0 aromatic rings. The standard InChI is InChI=1S/C15H29F3N4.HI/c1-3-10-22-11-6-13(7-12-22)21-14(19-2)20-9-5-4-8-15(16,17)18;/h13H,3-12H2,1-2H3,(H2,19,20,21);1H. The molecule has 0 aromatic carbocycles. The lowest BCUT2D eigenvalue weighted by Crippen LogP contribution is -2.48. The summed E-state index contributed by atoms with van der Waals surface area (Å²) in [5.41, 5.74) is 0. The third-order valence-corrected chi connectivity index (χ3v) is 3.87. The molecule has 0 spiro atoms. The lowest BCUT2D eigenvalue weighted by Gasteiger charge is -2.32. The van der Waals surface area contributed by atoms with Gasteiger partial charge in [-0.25, -0.2) is 0 Å². The highest BCUT2D eigenvalue weighted by atomic mass is 127. The van der Waals surface area contributed by atoms with E-state index in [2.05, 4.69) is 27.4 Å². The van der Waals surface area contributed by atoms with Gasteiger partial charge in [-0.1, -0.05) is 6.92 Å². The number of hydrogen-bond acceptors (Lipinski definition) is 2. The van der Waals surface area contributed by atoms with Crippen LogP contribution >= 0.6 is 24.0 Å². The molecule has 2 N–H and O–H groups in total. The molecule has 0 radical (unpaired) electrons. The van der Waals surface area contributed by atoms with E-state index in [-0.39, 0.29) is 30.4 Å². The molecule has 1 saturated heterocycles. The number of hydrogen-bond donors (Lipinski definition) is 2. The zero-order chi connectivity index (χ0) is 16.4. The molecule has 0 unspecified atom stereocenters. The molecular weight excluding hydrogens is 420 g/mol. The molecule has 0 amide bonds. The van der Waals surface area contributed by atoms with Gasteiger partial charge < -0.3 is 15.5 Å². The Morgan fingerprint density at radius 1 is 1.22 bits per heavy atom. The van der Waals surface area contributed by atoms with Gasteiger partial charge in [-0.05, 0) is 38.6 Å². The summed E-state index contributed by atoms with van der Waals surface area (Å²) in [6, 6.07) is 0.398. The van der Waals surface area contributed by atoms with Crippen LogP contribution < -0.4 is 10.6 Å². The molecule has 1 aliphatic rings. The van der Waals surface area contributed by atoms with Crippen molar-refractivity contribution in [1.29, 1.82) is 0 Å².